The minimum absolute atomic E-state index is 0.175. The van der Waals surface area contributed by atoms with Gasteiger partial charge in [-0.05, 0) is 23.9 Å². The van der Waals surface area contributed by atoms with E-state index in [-0.39, 0.29) is 13.2 Å². The van der Waals surface area contributed by atoms with E-state index < -0.39 is 24.6 Å². The van der Waals surface area contributed by atoms with Crippen LogP contribution in [0, 0.1) is 6.92 Å². The Morgan fingerprint density at radius 3 is 2.82 bits per heavy atom. The molecule has 1 aliphatic heterocycles. The van der Waals surface area contributed by atoms with Crippen LogP contribution in [0.5, 0.6) is 0 Å². The fourth-order valence-electron chi connectivity index (χ4n) is 2.26. The standard InChI is InChI=1S/C15H13NO5S/c1-9-10-4-2-3-5-11(10)22-13(9)14(18)21-8-12(17)16-6-7-20-15(16)19/h2-5H,6-8H2,1H3. The Balaban J connectivity index is 1.70. The largest absolute Gasteiger partial charge is 0.451 e. The summed E-state index contributed by atoms with van der Waals surface area (Å²) in [5.74, 6) is -1.13. The van der Waals surface area contributed by atoms with Crippen molar-refractivity contribution in [1.29, 1.82) is 0 Å². The lowest BCUT2D eigenvalue weighted by Gasteiger charge is -2.10. The van der Waals surface area contributed by atoms with Gasteiger partial charge in [-0.15, -0.1) is 11.3 Å². The second kappa shape index (κ2) is 5.76. The smallest absolute Gasteiger partial charge is 0.416 e. The Labute approximate surface area is 130 Å². The number of carbonyl (C=O) groups excluding carboxylic acids is 3. The van der Waals surface area contributed by atoms with E-state index in [2.05, 4.69) is 4.74 Å². The summed E-state index contributed by atoms with van der Waals surface area (Å²) in [5, 5.41) is 0.994. The highest BCUT2D eigenvalue weighted by Gasteiger charge is 2.29. The van der Waals surface area contributed by atoms with Gasteiger partial charge in [0.15, 0.2) is 6.61 Å². The van der Waals surface area contributed by atoms with Crippen LogP contribution in [0.15, 0.2) is 24.3 Å². The van der Waals surface area contributed by atoms with E-state index in [4.69, 9.17) is 4.74 Å². The molecule has 0 saturated carbocycles. The van der Waals surface area contributed by atoms with Crippen molar-refractivity contribution < 1.29 is 23.9 Å². The third-order valence-electron chi connectivity index (χ3n) is 3.42. The first-order chi connectivity index (χ1) is 10.6. The van der Waals surface area contributed by atoms with Crippen LogP contribution in [-0.2, 0) is 14.3 Å². The molecule has 1 saturated heterocycles. The number of amides is 2. The summed E-state index contributed by atoms with van der Waals surface area (Å²) in [6, 6.07) is 7.66. The number of ether oxygens (including phenoxy) is 2. The van der Waals surface area contributed by atoms with E-state index in [0.717, 1.165) is 20.5 Å². The number of aryl methyl sites for hydroxylation is 1. The number of rotatable bonds is 3. The molecule has 0 atom stereocenters. The minimum Gasteiger partial charge on any atom is -0.451 e. The highest BCUT2D eigenvalue weighted by Crippen LogP contribution is 2.30. The van der Waals surface area contributed by atoms with Gasteiger partial charge in [-0.2, -0.15) is 0 Å². The highest BCUT2D eigenvalue weighted by atomic mass is 32.1. The summed E-state index contributed by atoms with van der Waals surface area (Å²) in [5.41, 5.74) is 0.832. The maximum absolute atomic E-state index is 12.1. The summed E-state index contributed by atoms with van der Waals surface area (Å²) in [6.07, 6.45) is -0.695. The molecule has 2 aromatic rings. The van der Waals surface area contributed by atoms with Crippen molar-refractivity contribution in [3.05, 3.63) is 34.7 Å². The predicted molar refractivity (Wildman–Crippen MR) is 79.9 cm³/mol. The average molecular weight is 319 g/mol. The van der Waals surface area contributed by atoms with E-state index >= 15 is 0 Å². The maximum Gasteiger partial charge on any atom is 0.416 e. The quantitative estimate of drug-likeness (QED) is 0.812. The highest BCUT2D eigenvalue weighted by molar-refractivity contribution is 7.21. The first-order valence-electron chi connectivity index (χ1n) is 6.70. The van der Waals surface area contributed by atoms with Crippen LogP contribution in [0.1, 0.15) is 15.2 Å². The Kier molecular flexibility index (Phi) is 3.81. The SMILES string of the molecule is Cc1c(C(=O)OCC(=O)N2CCOC2=O)sc2ccccc12. The van der Waals surface area contributed by atoms with Gasteiger partial charge in [0, 0.05) is 4.70 Å². The van der Waals surface area contributed by atoms with Crippen LogP contribution < -0.4 is 0 Å². The molecule has 0 N–H and O–H groups in total. The average Bonchev–Trinajstić information content (AvgIpc) is 3.09. The molecule has 0 aliphatic carbocycles. The summed E-state index contributed by atoms with van der Waals surface area (Å²) in [6.45, 7) is 1.74. The third kappa shape index (κ3) is 2.55. The zero-order valence-corrected chi connectivity index (χ0v) is 12.6. The molecule has 0 spiro atoms. The summed E-state index contributed by atoms with van der Waals surface area (Å²) < 4.78 is 10.7. The molecule has 0 bridgehead atoms. The van der Waals surface area contributed by atoms with Crippen LogP contribution in [-0.4, -0.2) is 42.6 Å². The number of esters is 1. The monoisotopic (exact) mass is 319 g/mol. The second-order valence-electron chi connectivity index (χ2n) is 4.79. The van der Waals surface area contributed by atoms with Crippen LogP contribution in [0.2, 0.25) is 0 Å². The zero-order chi connectivity index (χ0) is 15.7. The molecule has 3 rings (SSSR count). The molecule has 22 heavy (non-hydrogen) atoms. The number of thiophene rings is 1. The maximum atomic E-state index is 12.1. The van der Waals surface area contributed by atoms with Gasteiger partial charge in [-0.1, -0.05) is 18.2 Å². The number of benzene rings is 1. The van der Waals surface area contributed by atoms with Gasteiger partial charge in [0.05, 0.1) is 6.54 Å². The molecule has 114 valence electrons. The Morgan fingerprint density at radius 1 is 1.36 bits per heavy atom. The molecular formula is C15H13NO5S. The molecule has 2 heterocycles. The molecular weight excluding hydrogens is 306 g/mol. The number of imide groups is 1. The summed E-state index contributed by atoms with van der Waals surface area (Å²) in [7, 11) is 0. The Bertz CT molecular complexity index is 766. The van der Waals surface area contributed by atoms with E-state index in [1.54, 1.807) is 0 Å². The number of nitrogens with zero attached hydrogens (tertiary/aromatic N) is 1. The lowest BCUT2D eigenvalue weighted by molar-refractivity contribution is -0.131. The predicted octanol–water partition coefficient (Wildman–Crippen LogP) is 2.35. The minimum atomic E-state index is -0.695. The van der Waals surface area contributed by atoms with Crippen LogP contribution in [0.4, 0.5) is 4.79 Å². The number of hydrogen-bond acceptors (Lipinski definition) is 6. The van der Waals surface area contributed by atoms with Gasteiger partial charge in [-0.25, -0.2) is 14.5 Å². The molecule has 1 aliphatic rings. The van der Waals surface area contributed by atoms with Crippen molar-refractivity contribution in [1.82, 2.24) is 4.90 Å². The summed E-state index contributed by atoms with van der Waals surface area (Å²) >= 11 is 1.33. The van der Waals surface area contributed by atoms with Crippen molar-refractivity contribution in [2.45, 2.75) is 6.92 Å². The van der Waals surface area contributed by atoms with Gasteiger partial charge < -0.3 is 9.47 Å². The van der Waals surface area contributed by atoms with Crippen molar-refractivity contribution in [2.24, 2.45) is 0 Å². The van der Waals surface area contributed by atoms with E-state index in [1.165, 1.54) is 11.3 Å². The van der Waals surface area contributed by atoms with Crippen molar-refractivity contribution in [2.75, 3.05) is 19.8 Å². The van der Waals surface area contributed by atoms with Crippen molar-refractivity contribution >= 4 is 39.4 Å². The van der Waals surface area contributed by atoms with Gasteiger partial charge in [0.2, 0.25) is 0 Å². The molecule has 1 aromatic heterocycles. The van der Waals surface area contributed by atoms with Crippen molar-refractivity contribution in [3.63, 3.8) is 0 Å². The Hall–Kier alpha value is -2.41. The van der Waals surface area contributed by atoms with Gasteiger partial charge in [-0.3, -0.25) is 4.79 Å². The molecule has 2 amide bonds. The van der Waals surface area contributed by atoms with E-state index in [9.17, 15) is 14.4 Å². The normalized spacial score (nSPS) is 14.2. The first-order valence-corrected chi connectivity index (χ1v) is 7.52. The lowest BCUT2D eigenvalue weighted by Crippen LogP contribution is -2.35. The number of cyclic esters (lactones) is 1. The summed E-state index contributed by atoms with van der Waals surface area (Å²) in [4.78, 5) is 36.6. The lowest BCUT2D eigenvalue weighted by atomic mass is 10.1. The second-order valence-corrected chi connectivity index (χ2v) is 5.84. The number of carbonyl (C=O) groups is 3. The van der Waals surface area contributed by atoms with E-state index in [1.807, 2.05) is 31.2 Å². The number of fused-ring (bicyclic) bond motifs is 1. The fraction of sp³-hybridized carbons (Fsp3) is 0.267. The van der Waals surface area contributed by atoms with Gasteiger partial charge in [0.25, 0.3) is 5.91 Å². The van der Waals surface area contributed by atoms with Crippen molar-refractivity contribution in [3.8, 4) is 0 Å². The zero-order valence-electron chi connectivity index (χ0n) is 11.8. The molecule has 6 nitrogen and oxygen atoms in total. The molecule has 7 heteroatoms. The van der Waals surface area contributed by atoms with Crippen LogP contribution in [0.25, 0.3) is 10.1 Å². The molecule has 1 aromatic carbocycles. The third-order valence-corrected chi connectivity index (χ3v) is 4.67. The molecule has 0 radical (unpaired) electrons. The first kappa shape index (κ1) is 14.5. The fourth-order valence-corrected chi connectivity index (χ4v) is 3.36. The number of hydrogen-bond donors (Lipinski definition) is 0. The topological polar surface area (TPSA) is 72.9 Å². The Morgan fingerprint density at radius 2 is 2.14 bits per heavy atom. The van der Waals surface area contributed by atoms with Crippen LogP contribution in [0.3, 0.4) is 0 Å². The van der Waals surface area contributed by atoms with Gasteiger partial charge >= 0.3 is 12.1 Å². The molecule has 1 fully saturated rings. The van der Waals surface area contributed by atoms with Gasteiger partial charge in [0.1, 0.15) is 11.5 Å². The van der Waals surface area contributed by atoms with Crippen LogP contribution >= 0.6 is 11.3 Å². The molecule has 0 unspecified atom stereocenters. The van der Waals surface area contributed by atoms with E-state index in [0.29, 0.717) is 4.88 Å².